The molecule has 6 rings (SSSR count). The highest BCUT2D eigenvalue weighted by molar-refractivity contribution is 8.26. The number of H-pyrrole nitrogens is 1. The molecule has 2 aromatic heterocycles. The molecule has 0 radical (unpaired) electrons. The van der Waals surface area contributed by atoms with Gasteiger partial charge in [-0.3, -0.25) is 9.69 Å². The molecule has 1 atom stereocenters. The van der Waals surface area contributed by atoms with Gasteiger partial charge in [0.1, 0.15) is 10.4 Å². The molecule has 0 saturated carbocycles. The molecule has 3 heterocycles. The van der Waals surface area contributed by atoms with Crippen molar-refractivity contribution in [1.82, 2.24) is 19.7 Å². The van der Waals surface area contributed by atoms with Crippen LogP contribution in [0.15, 0.2) is 83.9 Å². The third kappa shape index (κ3) is 5.54. The lowest BCUT2D eigenvalue weighted by Gasteiger charge is -2.23. The summed E-state index contributed by atoms with van der Waals surface area (Å²) in [6.07, 6.45) is 3.45. The minimum Gasteiger partial charge on any atom is -0.480 e. The van der Waals surface area contributed by atoms with Crippen molar-refractivity contribution in [3.8, 4) is 17.3 Å². The monoisotopic (exact) mass is 648 g/mol. The van der Waals surface area contributed by atoms with Crippen LogP contribution in [-0.4, -0.2) is 47.0 Å². The Kier molecular flexibility index (Phi) is 8.02. The first kappa shape index (κ1) is 29.0. The number of nitrogens with one attached hydrogen (secondary N) is 1. The normalized spacial score (nSPS) is 15.0. The number of fused-ring (bicyclic) bond motifs is 1. The second-order valence-electron chi connectivity index (χ2n) is 9.67. The SMILES string of the molecule is Cc1nn(-c2ccccc2)c(Oc2c(Cl)cccc2Cl)c1/C=C1\SC(=S)N([C@@H](Cc2c[nH]c3ccccc23)C(=O)O)C1=O. The molecule has 1 aliphatic rings. The summed E-state index contributed by atoms with van der Waals surface area (Å²) in [5.74, 6) is -1.17. The second kappa shape index (κ2) is 11.9. The van der Waals surface area contributed by atoms with Gasteiger partial charge in [0.25, 0.3) is 5.91 Å². The van der Waals surface area contributed by atoms with E-state index < -0.39 is 17.9 Å². The molecule has 0 aliphatic carbocycles. The summed E-state index contributed by atoms with van der Waals surface area (Å²) in [6, 6.07) is 20.7. The number of ether oxygens (including phenoxy) is 1. The van der Waals surface area contributed by atoms with Gasteiger partial charge >= 0.3 is 5.97 Å². The standard InChI is InChI=1S/C31H22Cl2N4O4S2/c1-17-21(29(37(35-17)19-8-3-2-4-9-19)41-27-22(32)11-7-12-23(27)33)15-26-28(38)36(31(42)43-26)25(30(39)40)14-18-16-34-24-13-6-5-10-20(18)24/h2-13,15-16,25,34H,14H2,1H3,(H,39,40)/b26-15-/t25-/m0/s1. The first-order valence-electron chi connectivity index (χ1n) is 13.0. The van der Waals surface area contributed by atoms with Crippen molar-refractivity contribution in [1.29, 1.82) is 0 Å². The maximum Gasteiger partial charge on any atom is 0.327 e. The van der Waals surface area contributed by atoms with E-state index in [9.17, 15) is 14.7 Å². The van der Waals surface area contributed by atoms with Crippen molar-refractivity contribution < 1.29 is 19.4 Å². The lowest BCUT2D eigenvalue weighted by molar-refractivity contribution is -0.145. The van der Waals surface area contributed by atoms with Gasteiger partial charge in [-0.05, 0) is 48.9 Å². The molecule has 2 N–H and O–H groups in total. The maximum atomic E-state index is 13.8. The number of thioether (sulfide) groups is 1. The van der Waals surface area contributed by atoms with E-state index in [1.165, 1.54) is 4.90 Å². The van der Waals surface area contributed by atoms with Gasteiger partial charge in [0.05, 0.1) is 31.9 Å². The van der Waals surface area contributed by atoms with E-state index in [0.717, 1.165) is 28.2 Å². The van der Waals surface area contributed by atoms with Crippen molar-refractivity contribution in [3.63, 3.8) is 0 Å². The molecule has 43 heavy (non-hydrogen) atoms. The molecule has 0 bridgehead atoms. The van der Waals surface area contributed by atoms with Crippen LogP contribution in [0.2, 0.25) is 10.0 Å². The van der Waals surface area contributed by atoms with Crippen LogP contribution in [0.5, 0.6) is 11.6 Å². The van der Waals surface area contributed by atoms with E-state index in [0.29, 0.717) is 27.0 Å². The molecular formula is C31H22Cl2N4O4S2. The number of hydrogen-bond acceptors (Lipinski definition) is 6. The molecule has 0 unspecified atom stereocenters. The number of carboxylic acid groups (broad SMARTS) is 1. The van der Waals surface area contributed by atoms with Gasteiger partial charge in [-0.2, -0.15) is 9.78 Å². The minimum absolute atomic E-state index is 0.0728. The molecule has 1 saturated heterocycles. The predicted molar refractivity (Wildman–Crippen MR) is 173 cm³/mol. The summed E-state index contributed by atoms with van der Waals surface area (Å²) in [5, 5.41) is 16.4. The van der Waals surface area contributed by atoms with Crippen molar-refractivity contribution in [3.05, 3.63) is 111 Å². The van der Waals surface area contributed by atoms with Crippen molar-refractivity contribution in [2.24, 2.45) is 0 Å². The number of hydrogen-bond donors (Lipinski definition) is 2. The first-order valence-corrected chi connectivity index (χ1v) is 15.0. The van der Waals surface area contributed by atoms with Crippen LogP contribution in [0, 0.1) is 6.92 Å². The van der Waals surface area contributed by atoms with Crippen molar-refractivity contribution in [2.45, 2.75) is 19.4 Å². The first-order chi connectivity index (χ1) is 20.7. The zero-order valence-corrected chi connectivity index (χ0v) is 25.6. The number of amides is 1. The molecule has 3 aromatic carbocycles. The number of aromatic nitrogens is 3. The van der Waals surface area contributed by atoms with Crippen LogP contribution < -0.4 is 4.74 Å². The number of thiocarbonyl (C=S) groups is 1. The zero-order valence-electron chi connectivity index (χ0n) is 22.5. The molecule has 1 aliphatic heterocycles. The summed E-state index contributed by atoms with van der Waals surface area (Å²) < 4.78 is 8.04. The van der Waals surface area contributed by atoms with E-state index in [1.54, 1.807) is 42.1 Å². The second-order valence-corrected chi connectivity index (χ2v) is 12.2. The molecule has 1 amide bonds. The lowest BCUT2D eigenvalue weighted by Crippen LogP contribution is -2.45. The van der Waals surface area contributed by atoms with Gasteiger partial charge in [-0.1, -0.05) is 89.6 Å². The molecular weight excluding hydrogens is 627 g/mol. The third-order valence-corrected chi connectivity index (χ3v) is 8.89. The average Bonchev–Trinajstić information content (AvgIpc) is 3.63. The summed E-state index contributed by atoms with van der Waals surface area (Å²) in [5.41, 5.74) is 3.41. The van der Waals surface area contributed by atoms with Gasteiger partial charge in [0, 0.05) is 23.5 Å². The quantitative estimate of drug-likeness (QED) is 0.132. The number of halogens is 2. The van der Waals surface area contributed by atoms with E-state index in [1.807, 2.05) is 54.6 Å². The van der Waals surface area contributed by atoms with E-state index in [4.69, 9.17) is 40.2 Å². The Balaban J connectivity index is 1.39. The number of benzene rings is 3. The Morgan fingerprint density at radius 1 is 1.09 bits per heavy atom. The van der Waals surface area contributed by atoms with Gasteiger partial charge in [-0.15, -0.1) is 0 Å². The van der Waals surface area contributed by atoms with Gasteiger partial charge in [-0.25, -0.2) is 4.79 Å². The number of carbonyl (C=O) groups excluding carboxylic acids is 1. The Morgan fingerprint density at radius 3 is 2.51 bits per heavy atom. The number of nitrogens with zero attached hydrogens (tertiary/aromatic N) is 3. The number of carboxylic acids is 1. The van der Waals surface area contributed by atoms with E-state index >= 15 is 0 Å². The Labute approximate surface area is 265 Å². The van der Waals surface area contributed by atoms with Crippen LogP contribution >= 0.6 is 47.2 Å². The zero-order chi connectivity index (χ0) is 30.2. The smallest absolute Gasteiger partial charge is 0.327 e. The fourth-order valence-electron chi connectivity index (χ4n) is 4.88. The number of rotatable bonds is 8. The van der Waals surface area contributed by atoms with Crippen LogP contribution in [0.25, 0.3) is 22.7 Å². The van der Waals surface area contributed by atoms with E-state index in [-0.39, 0.29) is 27.3 Å². The highest BCUT2D eigenvalue weighted by Crippen LogP contribution is 2.42. The fourth-order valence-corrected chi connectivity index (χ4v) is 6.69. The van der Waals surface area contributed by atoms with Crippen LogP contribution in [0.1, 0.15) is 16.8 Å². The average molecular weight is 650 g/mol. The Hall–Kier alpha value is -4.09. The summed E-state index contributed by atoms with van der Waals surface area (Å²) >= 11 is 19.4. The fraction of sp³-hybridized carbons (Fsp3) is 0.0968. The van der Waals surface area contributed by atoms with Crippen LogP contribution in [-0.2, 0) is 16.0 Å². The van der Waals surface area contributed by atoms with Crippen molar-refractivity contribution >= 4 is 80.4 Å². The number of para-hydroxylation sites is 3. The van der Waals surface area contributed by atoms with Crippen molar-refractivity contribution in [2.75, 3.05) is 0 Å². The maximum absolute atomic E-state index is 13.8. The highest BCUT2D eigenvalue weighted by atomic mass is 35.5. The molecule has 0 spiro atoms. The number of carbonyl (C=O) groups is 2. The number of aliphatic carboxylic acids is 1. The number of aryl methyl sites for hydroxylation is 1. The summed E-state index contributed by atoms with van der Waals surface area (Å²) in [7, 11) is 0. The van der Waals surface area contributed by atoms with E-state index in [2.05, 4.69) is 10.1 Å². The van der Waals surface area contributed by atoms with Crippen LogP contribution in [0.3, 0.4) is 0 Å². The van der Waals surface area contributed by atoms with Gasteiger partial charge in [0.15, 0.2) is 5.75 Å². The molecule has 5 aromatic rings. The minimum atomic E-state index is -1.21. The molecule has 1 fully saturated rings. The molecule has 8 nitrogen and oxygen atoms in total. The third-order valence-electron chi connectivity index (χ3n) is 6.96. The predicted octanol–water partition coefficient (Wildman–Crippen LogP) is 7.66. The molecule has 12 heteroatoms. The molecule has 216 valence electrons. The summed E-state index contributed by atoms with van der Waals surface area (Å²) in [6.45, 7) is 1.78. The highest BCUT2D eigenvalue weighted by Gasteiger charge is 2.41. The topological polar surface area (TPSA) is 100 Å². The number of aromatic amines is 1. The van der Waals surface area contributed by atoms with Gasteiger partial charge < -0.3 is 14.8 Å². The largest absolute Gasteiger partial charge is 0.480 e. The lowest BCUT2D eigenvalue weighted by atomic mass is 10.0. The summed E-state index contributed by atoms with van der Waals surface area (Å²) in [4.78, 5) is 30.8. The van der Waals surface area contributed by atoms with Crippen LogP contribution in [0.4, 0.5) is 0 Å². The Bertz CT molecular complexity index is 1920. The van der Waals surface area contributed by atoms with Gasteiger partial charge in [0.2, 0.25) is 5.88 Å². The Morgan fingerprint density at radius 2 is 1.79 bits per heavy atom.